The lowest BCUT2D eigenvalue weighted by atomic mass is 10.0. The number of hydrogen-bond donors (Lipinski definition) is 2. The molecule has 0 aliphatic carbocycles. The molecule has 4 heteroatoms. The highest BCUT2D eigenvalue weighted by atomic mass is 16.3. The van der Waals surface area contributed by atoms with Crippen LogP contribution in [0.1, 0.15) is 29.3 Å². The minimum atomic E-state index is -0.0857. The molecule has 2 rings (SSSR count). The van der Waals surface area contributed by atoms with Crippen molar-refractivity contribution in [1.82, 2.24) is 4.90 Å². The number of nitrogen functional groups attached to an aromatic ring is 1. The number of aliphatic hydroxyl groups excluding tert-OH is 1. The molecule has 0 aromatic heterocycles. The average Bonchev–Trinajstić information content (AvgIpc) is 2.72. The Morgan fingerprint density at radius 3 is 2.94 bits per heavy atom. The summed E-state index contributed by atoms with van der Waals surface area (Å²) in [6.45, 7) is 4.71. The first-order chi connectivity index (χ1) is 8.54. The van der Waals surface area contributed by atoms with Gasteiger partial charge < -0.3 is 15.7 Å². The van der Waals surface area contributed by atoms with Crippen LogP contribution in [0.2, 0.25) is 0 Å². The maximum atomic E-state index is 12.5. The maximum absolute atomic E-state index is 12.5. The molecule has 0 saturated carbocycles. The van der Waals surface area contributed by atoms with Gasteiger partial charge in [0.25, 0.3) is 5.91 Å². The monoisotopic (exact) mass is 248 g/mol. The van der Waals surface area contributed by atoms with Crippen molar-refractivity contribution < 1.29 is 9.90 Å². The summed E-state index contributed by atoms with van der Waals surface area (Å²) in [4.78, 5) is 14.2. The van der Waals surface area contributed by atoms with Crippen molar-refractivity contribution in [3.63, 3.8) is 0 Å². The molecular weight excluding hydrogens is 228 g/mol. The van der Waals surface area contributed by atoms with Crippen LogP contribution in [0.4, 0.5) is 5.69 Å². The molecule has 1 heterocycles. The Balaban J connectivity index is 2.28. The zero-order chi connectivity index (χ0) is 13.3. The van der Waals surface area contributed by atoms with Gasteiger partial charge in [-0.1, -0.05) is 18.6 Å². The Kier molecular flexibility index (Phi) is 3.57. The van der Waals surface area contributed by atoms with Gasteiger partial charge in [0.05, 0.1) is 18.2 Å². The molecule has 1 amide bonds. The van der Waals surface area contributed by atoms with E-state index in [0.717, 1.165) is 12.0 Å². The molecule has 1 saturated heterocycles. The summed E-state index contributed by atoms with van der Waals surface area (Å²) in [5.41, 5.74) is 7.93. The third-order valence-electron chi connectivity index (χ3n) is 3.77. The Morgan fingerprint density at radius 1 is 1.56 bits per heavy atom. The first-order valence-electron chi connectivity index (χ1n) is 6.32. The minimum Gasteiger partial charge on any atom is -0.398 e. The molecule has 1 aromatic carbocycles. The van der Waals surface area contributed by atoms with Crippen LogP contribution < -0.4 is 5.73 Å². The quantitative estimate of drug-likeness (QED) is 0.778. The number of carbonyl (C=O) groups is 1. The number of nitrogens with zero attached hydrogens (tertiary/aromatic N) is 1. The van der Waals surface area contributed by atoms with Crippen molar-refractivity contribution in [2.24, 2.45) is 5.92 Å². The topological polar surface area (TPSA) is 66.6 Å². The van der Waals surface area contributed by atoms with Gasteiger partial charge in [-0.05, 0) is 31.4 Å². The number of rotatable bonds is 2. The normalized spacial score (nSPS) is 23.4. The summed E-state index contributed by atoms with van der Waals surface area (Å²) in [6, 6.07) is 5.38. The summed E-state index contributed by atoms with van der Waals surface area (Å²) in [7, 11) is 0. The number of amides is 1. The van der Waals surface area contributed by atoms with Crippen LogP contribution in [0.25, 0.3) is 0 Å². The van der Waals surface area contributed by atoms with E-state index >= 15 is 0 Å². The van der Waals surface area contributed by atoms with Gasteiger partial charge in [-0.25, -0.2) is 0 Å². The lowest BCUT2D eigenvalue weighted by Crippen LogP contribution is -2.40. The molecule has 2 atom stereocenters. The molecule has 0 bridgehead atoms. The van der Waals surface area contributed by atoms with E-state index < -0.39 is 0 Å². The highest BCUT2D eigenvalue weighted by Gasteiger charge is 2.34. The molecule has 18 heavy (non-hydrogen) atoms. The molecule has 0 spiro atoms. The highest BCUT2D eigenvalue weighted by molar-refractivity contribution is 5.99. The van der Waals surface area contributed by atoms with Crippen LogP contribution in [-0.4, -0.2) is 35.1 Å². The molecule has 98 valence electrons. The second kappa shape index (κ2) is 4.98. The number of carbonyl (C=O) groups excluding carboxylic acids is 1. The van der Waals surface area contributed by atoms with Crippen LogP contribution in [0.15, 0.2) is 18.2 Å². The molecule has 4 nitrogen and oxygen atoms in total. The van der Waals surface area contributed by atoms with E-state index in [-0.39, 0.29) is 18.6 Å². The fourth-order valence-electron chi connectivity index (χ4n) is 2.55. The zero-order valence-electron chi connectivity index (χ0n) is 10.9. The molecule has 1 aromatic rings. The standard InChI is InChI=1S/C14H20N2O2/c1-9-3-4-12(15)11(7-9)14(18)16-6-5-10(2)13(16)8-17/h3-4,7,10,13,17H,5-6,8,15H2,1-2H3. The first-order valence-corrected chi connectivity index (χ1v) is 6.32. The smallest absolute Gasteiger partial charge is 0.256 e. The van der Waals surface area contributed by atoms with E-state index in [9.17, 15) is 9.90 Å². The van der Waals surface area contributed by atoms with Crippen LogP contribution in [0, 0.1) is 12.8 Å². The molecule has 1 aliphatic rings. The summed E-state index contributed by atoms with van der Waals surface area (Å²) in [5.74, 6) is 0.268. The van der Waals surface area contributed by atoms with Crippen molar-refractivity contribution in [2.75, 3.05) is 18.9 Å². The fraction of sp³-hybridized carbons (Fsp3) is 0.500. The van der Waals surface area contributed by atoms with E-state index in [1.807, 2.05) is 19.1 Å². The van der Waals surface area contributed by atoms with Crippen LogP contribution in [-0.2, 0) is 0 Å². The summed E-state index contributed by atoms with van der Waals surface area (Å²) < 4.78 is 0. The van der Waals surface area contributed by atoms with E-state index in [0.29, 0.717) is 23.7 Å². The fourth-order valence-corrected chi connectivity index (χ4v) is 2.55. The van der Waals surface area contributed by atoms with Crippen LogP contribution >= 0.6 is 0 Å². The Labute approximate surface area is 107 Å². The Hall–Kier alpha value is -1.55. The molecule has 1 aliphatic heterocycles. The average molecular weight is 248 g/mol. The van der Waals surface area contributed by atoms with Gasteiger partial charge in [0.15, 0.2) is 0 Å². The molecule has 2 unspecified atom stereocenters. The molecule has 0 radical (unpaired) electrons. The third kappa shape index (κ3) is 2.20. The second-order valence-corrected chi connectivity index (χ2v) is 5.11. The van der Waals surface area contributed by atoms with Crippen molar-refractivity contribution in [3.8, 4) is 0 Å². The Morgan fingerprint density at radius 2 is 2.28 bits per heavy atom. The number of aryl methyl sites for hydroxylation is 1. The van der Waals surface area contributed by atoms with Gasteiger partial charge in [-0.15, -0.1) is 0 Å². The number of anilines is 1. The SMILES string of the molecule is Cc1ccc(N)c(C(=O)N2CCC(C)C2CO)c1. The zero-order valence-corrected chi connectivity index (χ0v) is 10.9. The lowest BCUT2D eigenvalue weighted by molar-refractivity contribution is 0.0649. The van der Waals surface area contributed by atoms with E-state index in [2.05, 4.69) is 6.92 Å². The number of hydrogen-bond acceptors (Lipinski definition) is 3. The van der Waals surface area contributed by atoms with Crippen molar-refractivity contribution in [1.29, 1.82) is 0 Å². The van der Waals surface area contributed by atoms with Crippen molar-refractivity contribution in [2.45, 2.75) is 26.3 Å². The minimum absolute atomic E-state index is 0.0125. The van der Waals surface area contributed by atoms with Gasteiger partial charge in [-0.2, -0.15) is 0 Å². The predicted octanol–water partition coefficient (Wildman–Crippen LogP) is 1.42. The second-order valence-electron chi connectivity index (χ2n) is 5.11. The maximum Gasteiger partial charge on any atom is 0.256 e. The van der Waals surface area contributed by atoms with Gasteiger partial charge in [-0.3, -0.25) is 4.79 Å². The third-order valence-corrected chi connectivity index (χ3v) is 3.77. The van der Waals surface area contributed by atoms with Crippen molar-refractivity contribution >= 4 is 11.6 Å². The van der Waals surface area contributed by atoms with Gasteiger partial charge in [0.2, 0.25) is 0 Å². The number of aliphatic hydroxyl groups is 1. The number of nitrogens with two attached hydrogens (primary N) is 1. The number of likely N-dealkylation sites (tertiary alicyclic amines) is 1. The first kappa shape index (κ1) is 12.9. The molecule has 1 fully saturated rings. The summed E-state index contributed by atoms with van der Waals surface area (Å²) >= 11 is 0. The van der Waals surface area contributed by atoms with E-state index in [1.165, 1.54) is 0 Å². The molecular formula is C14H20N2O2. The predicted molar refractivity (Wildman–Crippen MR) is 71.3 cm³/mol. The highest BCUT2D eigenvalue weighted by Crippen LogP contribution is 2.27. The summed E-state index contributed by atoms with van der Waals surface area (Å²) in [5, 5.41) is 9.40. The van der Waals surface area contributed by atoms with E-state index in [1.54, 1.807) is 11.0 Å². The van der Waals surface area contributed by atoms with Crippen molar-refractivity contribution in [3.05, 3.63) is 29.3 Å². The van der Waals surface area contributed by atoms with Gasteiger partial charge in [0.1, 0.15) is 0 Å². The summed E-state index contributed by atoms with van der Waals surface area (Å²) in [6.07, 6.45) is 0.933. The Bertz CT molecular complexity index is 459. The van der Waals surface area contributed by atoms with Gasteiger partial charge in [0, 0.05) is 12.2 Å². The lowest BCUT2D eigenvalue weighted by Gasteiger charge is -2.25. The van der Waals surface area contributed by atoms with Crippen LogP contribution in [0.3, 0.4) is 0 Å². The molecule has 3 N–H and O–H groups in total. The number of benzene rings is 1. The largest absolute Gasteiger partial charge is 0.398 e. The van der Waals surface area contributed by atoms with Gasteiger partial charge >= 0.3 is 0 Å². The van der Waals surface area contributed by atoms with E-state index in [4.69, 9.17) is 5.73 Å². The van der Waals surface area contributed by atoms with Crippen LogP contribution in [0.5, 0.6) is 0 Å².